The first-order valence-electron chi connectivity index (χ1n) is 4.83. The number of rotatable bonds is 3. The van der Waals surface area contributed by atoms with E-state index in [9.17, 15) is 18.9 Å². The molecule has 1 N–H and O–H groups in total. The van der Waals surface area contributed by atoms with E-state index < -0.39 is 22.2 Å². The quantitative estimate of drug-likeness (QED) is 0.379. The Kier molecular flexibility index (Phi) is 4.55. The van der Waals surface area contributed by atoms with E-state index in [4.69, 9.17) is 0 Å². The minimum absolute atomic E-state index is 0.0849. The predicted molar refractivity (Wildman–Crippen MR) is 58.4 cm³/mol. The molecule has 6 heteroatoms. The second-order valence-electron chi connectivity index (χ2n) is 3.20. The molecule has 1 rings (SSSR count). The molecular formula is C11H10F2N2O2. The Bertz CT molecular complexity index is 469. The summed E-state index contributed by atoms with van der Waals surface area (Å²) in [6, 6.07) is 1.71. The summed E-state index contributed by atoms with van der Waals surface area (Å²) in [4.78, 5) is 9.24. The fourth-order valence-electron chi connectivity index (χ4n) is 1.16. The van der Waals surface area contributed by atoms with Crippen molar-refractivity contribution in [3.63, 3.8) is 0 Å². The Hall–Kier alpha value is -2.00. The van der Waals surface area contributed by atoms with Crippen molar-refractivity contribution < 1.29 is 13.7 Å². The molecule has 0 saturated heterocycles. The Morgan fingerprint density at radius 2 is 2.00 bits per heavy atom. The van der Waals surface area contributed by atoms with Gasteiger partial charge < -0.3 is 5.32 Å². The van der Waals surface area contributed by atoms with Gasteiger partial charge in [-0.25, -0.2) is 0 Å². The molecule has 0 saturated carbocycles. The van der Waals surface area contributed by atoms with Crippen molar-refractivity contribution >= 4 is 5.69 Å². The van der Waals surface area contributed by atoms with E-state index in [0.717, 1.165) is 12.1 Å². The molecule has 0 amide bonds. The predicted octanol–water partition coefficient (Wildman–Crippen LogP) is 1.83. The fourth-order valence-corrected chi connectivity index (χ4v) is 1.16. The Labute approximate surface area is 96.8 Å². The maximum absolute atomic E-state index is 13.2. The number of hydrogen-bond acceptors (Lipinski definition) is 3. The molecule has 0 aromatic heterocycles. The number of nitro groups is 1. The molecule has 0 bridgehead atoms. The van der Waals surface area contributed by atoms with Crippen LogP contribution in [-0.4, -0.2) is 18.5 Å². The van der Waals surface area contributed by atoms with Crippen LogP contribution in [0.2, 0.25) is 0 Å². The van der Waals surface area contributed by atoms with E-state index in [1.807, 2.05) is 0 Å². The molecule has 0 aliphatic heterocycles. The van der Waals surface area contributed by atoms with Crippen molar-refractivity contribution in [1.29, 1.82) is 0 Å². The number of benzene rings is 1. The van der Waals surface area contributed by atoms with Gasteiger partial charge in [-0.1, -0.05) is 11.8 Å². The lowest BCUT2D eigenvalue weighted by molar-refractivity contribution is -0.390. The molecule has 0 heterocycles. The minimum Gasteiger partial charge on any atom is -0.319 e. The number of nitro benzene ring substituents is 1. The molecule has 4 nitrogen and oxygen atoms in total. The van der Waals surface area contributed by atoms with E-state index in [2.05, 4.69) is 17.2 Å². The summed E-state index contributed by atoms with van der Waals surface area (Å²) in [5.41, 5.74) is -1.06. The van der Waals surface area contributed by atoms with Crippen LogP contribution < -0.4 is 5.32 Å². The topological polar surface area (TPSA) is 55.2 Å². The molecule has 0 fully saturated rings. The van der Waals surface area contributed by atoms with Gasteiger partial charge in [0.15, 0.2) is 0 Å². The summed E-state index contributed by atoms with van der Waals surface area (Å²) in [6.07, 6.45) is 0.525. The van der Waals surface area contributed by atoms with Crippen LogP contribution in [-0.2, 0) is 0 Å². The molecule has 0 spiro atoms. The summed E-state index contributed by atoms with van der Waals surface area (Å²) in [7, 11) is 1.76. The van der Waals surface area contributed by atoms with E-state index in [1.165, 1.54) is 0 Å². The van der Waals surface area contributed by atoms with Gasteiger partial charge in [-0.2, -0.15) is 8.78 Å². The van der Waals surface area contributed by atoms with E-state index in [1.54, 1.807) is 7.05 Å². The fraction of sp³-hybridized carbons (Fsp3) is 0.273. The van der Waals surface area contributed by atoms with Crippen molar-refractivity contribution in [2.45, 2.75) is 6.42 Å². The Balaban J connectivity index is 2.97. The van der Waals surface area contributed by atoms with Gasteiger partial charge in [-0.15, -0.1) is 0 Å². The van der Waals surface area contributed by atoms with Crippen LogP contribution in [0.1, 0.15) is 12.0 Å². The normalized spacial score (nSPS) is 9.59. The summed E-state index contributed by atoms with van der Waals surface area (Å²) < 4.78 is 26.4. The number of hydrogen-bond donors (Lipinski definition) is 1. The molecule has 0 unspecified atom stereocenters. The van der Waals surface area contributed by atoms with Gasteiger partial charge in [0.05, 0.1) is 4.92 Å². The van der Waals surface area contributed by atoms with E-state index >= 15 is 0 Å². The second kappa shape index (κ2) is 5.92. The summed E-state index contributed by atoms with van der Waals surface area (Å²) in [5.74, 6) is 2.79. The summed E-state index contributed by atoms with van der Waals surface area (Å²) in [5, 5.41) is 13.2. The largest absolute Gasteiger partial charge is 0.340 e. The van der Waals surface area contributed by atoms with Gasteiger partial charge in [-0.3, -0.25) is 10.1 Å². The monoisotopic (exact) mass is 240 g/mol. The maximum atomic E-state index is 13.2. The highest BCUT2D eigenvalue weighted by molar-refractivity contribution is 5.43. The van der Waals surface area contributed by atoms with E-state index in [-0.39, 0.29) is 5.56 Å². The zero-order valence-corrected chi connectivity index (χ0v) is 9.09. The van der Waals surface area contributed by atoms with E-state index in [0.29, 0.717) is 13.0 Å². The van der Waals surface area contributed by atoms with Crippen LogP contribution in [0.4, 0.5) is 14.5 Å². The van der Waals surface area contributed by atoms with Gasteiger partial charge in [0, 0.05) is 18.5 Å². The lowest BCUT2D eigenvalue weighted by Gasteiger charge is -1.97. The van der Waals surface area contributed by atoms with Gasteiger partial charge in [0.25, 0.3) is 0 Å². The molecule has 0 radical (unpaired) electrons. The first kappa shape index (κ1) is 13.1. The van der Waals surface area contributed by atoms with Crippen LogP contribution in [0, 0.1) is 33.6 Å². The van der Waals surface area contributed by atoms with Gasteiger partial charge in [0.1, 0.15) is 0 Å². The lowest BCUT2D eigenvalue weighted by Crippen LogP contribution is -2.05. The van der Waals surface area contributed by atoms with Crippen molar-refractivity contribution in [3.05, 3.63) is 39.4 Å². The average Bonchev–Trinajstić information content (AvgIpc) is 2.23. The van der Waals surface area contributed by atoms with Crippen LogP contribution in [0.15, 0.2) is 12.1 Å². The van der Waals surface area contributed by atoms with Crippen molar-refractivity contribution in [3.8, 4) is 11.8 Å². The second-order valence-corrected chi connectivity index (χ2v) is 3.20. The lowest BCUT2D eigenvalue weighted by atomic mass is 10.2. The van der Waals surface area contributed by atoms with Gasteiger partial charge in [0.2, 0.25) is 11.6 Å². The van der Waals surface area contributed by atoms with Crippen LogP contribution in [0.5, 0.6) is 0 Å². The SMILES string of the molecule is CNCCC#Cc1cc(F)c([N+](=O)[O-])c(F)c1. The highest BCUT2D eigenvalue weighted by atomic mass is 19.1. The summed E-state index contributed by atoms with van der Waals surface area (Å²) >= 11 is 0. The Morgan fingerprint density at radius 1 is 1.41 bits per heavy atom. The zero-order valence-electron chi connectivity index (χ0n) is 9.09. The molecule has 17 heavy (non-hydrogen) atoms. The number of halogens is 2. The van der Waals surface area contributed by atoms with Crippen LogP contribution in [0.25, 0.3) is 0 Å². The third-order valence-corrected chi connectivity index (χ3v) is 1.93. The van der Waals surface area contributed by atoms with Gasteiger partial charge >= 0.3 is 5.69 Å². The standard InChI is InChI=1S/C11H10F2N2O2/c1-14-5-3-2-4-8-6-9(12)11(15(16)17)10(13)7-8/h6-7,14H,3,5H2,1H3. The molecular weight excluding hydrogens is 230 g/mol. The Morgan fingerprint density at radius 3 is 2.47 bits per heavy atom. The molecule has 0 aliphatic rings. The molecule has 0 atom stereocenters. The summed E-state index contributed by atoms with van der Waals surface area (Å²) in [6.45, 7) is 0.658. The maximum Gasteiger partial charge on any atom is 0.340 e. The highest BCUT2D eigenvalue weighted by Crippen LogP contribution is 2.22. The molecule has 1 aromatic carbocycles. The van der Waals surface area contributed by atoms with Crippen molar-refractivity contribution in [2.75, 3.05) is 13.6 Å². The smallest absolute Gasteiger partial charge is 0.319 e. The average molecular weight is 240 g/mol. The minimum atomic E-state index is -1.21. The third-order valence-electron chi connectivity index (χ3n) is 1.93. The zero-order chi connectivity index (χ0) is 12.8. The molecule has 0 aliphatic carbocycles. The first-order chi connectivity index (χ1) is 8.06. The molecule has 1 aromatic rings. The first-order valence-corrected chi connectivity index (χ1v) is 4.83. The van der Waals surface area contributed by atoms with Crippen LogP contribution in [0.3, 0.4) is 0 Å². The van der Waals surface area contributed by atoms with Crippen molar-refractivity contribution in [1.82, 2.24) is 5.32 Å². The van der Waals surface area contributed by atoms with Gasteiger partial charge in [-0.05, 0) is 19.2 Å². The molecule has 90 valence electrons. The highest BCUT2D eigenvalue weighted by Gasteiger charge is 2.21. The third kappa shape index (κ3) is 3.50. The number of nitrogens with one attached hydrogen (secondary N) is 1. The van der Waals surface area contributed by atoms with Crippen molar-refractivity contribution in [2.24, 2.45) is 0 Å². The number of nitrogens with zero attached hydrogens (tertiary/aromatic N) is 1. The van der Waals surface area contributed by atoms with Crippen LogP contribution >= 0.6 is 0 Å².